The van der Waals surface area contributed by atoms with Crippen molar-refractivity contribution in [3.63, 3.8) is 0 Å². The monoisotopic (exact) mass is 632 g/mol. The third kappa shape index (κ3) is 6.30. The Morgan fingerprint density at radius 3 is 2.52 bits per heavy atom. The molecule has 1 atom stereocenters. The Morgan fingerprint density at radius 2 is 1.80 bits per heavy atom. The fraction of sp³-hybridized carbons (Fsp3) is 0.265. The molecule has 228 valence electrons. The molecule has 4 aromatic rings. The quantitative estimate of drug-likeness (QED) is 0.205. The van der Waals surface area contributed by atoms with E-state index in [0.29, 0.717) is 48.4 Å². The number of fused-ring (bicyclic) bond motifs is 1. The number of thiazole rings is 1. The van der Waals surface area contributed by atoms with Crippen LogP contribution in [0.5, 0.6) is 17.2 Å². The maximum atomic E-state index is 14.2. The molecule has 10 heteroatoms. The molecule has 1 aromatic heterocycles. The number of carbonyl (C=O) groups excluding carboxylic acids is 1. The van der Waals surface area contributed by atoms with Crippen LogP contribution < -0.4 is 29.1 Å². The molecular formula is C34H33ClN2O6S. The SMILES string of the molecule is CCOC(=O)C1=C(C)N=c2s/c(=C\c3cccc(OC)c3OCc3ccccc3Cl)c(=O)n2[C@H]1c1ccccc1OC(C)C. The Hall–Kier alpha value is -4.34. The van der Waals surface area contributed by atoms with E-state index in [9.17, 15) is 9.59 Å². The van der Waals surface area contributed by atoms with Crippen molar-refractivity contribution in [1.29, 1.82) is 0 Å². The summed E-state index contributed by atoms with van der Waals surface area (Å²) in [6.45, 7) is 7.74. The summed E-state index contributed by atoms with van der Waals surface area (Å²) in [4.78, 5) is 32.7. The molecule has 0 amide bonds. The lowest BCUT2D eigenvalue weighted by Crippen LogP contribution is -2.40. The highest BCUT2D eigenvalue weighted by Gasteiger charge is 2.35. The lowest BCUT2D eigenvalue weighted by molar-refractivity contribution is -0.139. The zero-order valence-corrected chi connectivity index (χ0v) is 26.7. The molecule has 0 saturated heterocycles. The number of allylic oxidation sites excluding steroid dienone is 1. The predicted molar refractivity (Wildman–Crippen MR) is 171 cm³/mol. The highest BCUT2D eigenvalue weighted by atomic mass is 35.5. The molecule has 0 bridgehead atoms. The molecule has 0 spiro atoms. The maximum absolute atomic E-state index is 14.2. The Kier molecular flexibility index (Phi) is 9.56. The van der Waals surface area contributed by atoms with Crippen LogP contribution in [0.25, 0.3) is 6.08 Å². The number of hydrogen-bond donors (Lipinski definition) is 0. The van der Waals surface area contributed by atoms with Crippen molar-refractivity contribution in [2.45, 2.75) is 46.4 Å². The predicted octanol–water partition coefficient (Wildman–Crippen LogP) is 5.83. The third-order valence-corrected chi connectivity index (χ3v) is 8.29. The van der Waals surface area contributed by atoms with Crippen LogP contribution in [0, 0.1) is 0 Å². The summed E-state index contributed by atoms with van der Waals surface area (Å²) in [5.74, 6) is 1.02. The van der Waals surface area contributed by atoms with Crippen molar-refractivity contribution in [3.05, 3.63) is 119 Å². The minimum atomic E-state index is -0.802. The van der Waals surface area contributed by atoms with Crippen molar-refractivity contribution in [2.24, 2.45) is 4.99 Å². The van der Waals surface area contributed by atoms with Gasteiger partial charge in [-0.2, -0.15) is 0 Å². The van der Waals surface area contributed by atoms with Crippen LogP contribution in [0.15, 0.2) is 87.8 Å². The molecule has 44 heavy (non-hydrogen) atoms. The van der Waals surface area contributed by atoms with Gasteiger partial charge >= 0.3 is 5.97 Å². The molecule has 1 aliphatic heterocycles. The van der Waals surface area contributed by atoms with Gasteiger partial charge in [0, 0.05) is 21.7 Å². The highest BCUT2D eigenvalue weighted by molar-refractivity contribution is 7.07. The number of methoxy groups -OCH3 is 1. The van der Waals surface area contributed by atoms with Crippen LogP contribution in [-0.4, -0.2) is 30.4 Å². The normalized spacial score (nSPS) is 14.7. The van der Waals surface area contributed by atoms with Gasteiger partial charge in [0.2, 0.25) is 0 Å². The standard InChI is InChI=1S/C34H33ClN2O6S/c1-6-41-33(39)29-21(4)36-34-37(30(29)24-14-8-10-16-26(24)43-20(2)3)32(38)28(44-34)18-22-13-11-17-27(40-5)31(22)42-19-23-12-7-9-15-25(23)35/h7-18,20,30H,6,19H2,1-5H3/b28-18-/t30-/m0/s1. The average Bonchev–Trinajstić information content (AvgIpc) is 3.30. The van der Waals surface area contributed by atoms with Gasteiger partial charge in [0.1, 0.15) is 18.4 Å². The number of para-hydroxylation sites is 2. The van der Waals surface area contributed by atoms with Crippen molar-refractivity contribution < 1.29 is 23.7 Å². The van der Waals surface area contributed by atoms with E-state index in [4.69, 9.17) is 35.5 Å². The van der Waals surface area contributed by atoms with E-state index in [1.165, 1.54) is 11.3 Å². The largest absolute Gasteiger partial charge is 0.493 e. The van der Waals surface area contributed by atoms with Gasteiger partial charge in [-0.15, -0.1) is 0 Å². The number of halogens is 1. The third-order valence-electron chi connectivity index (χ3n) is 6.94. The molecule has 0 radical (unpaired) electrons. The minimum Gasteiger partial charge on any atom is -0.493 e. The van der Waals surface area contributed by atoms with Crippen LogP contribution >= 0.6 is 22.9 Å². The summed E-state index contributed by atoms with van der Waals surface area (Å²) < 4.78 is 25.3. The number of benzene rings is 3. The second-order valence-electron chi connectivity index (χ2n) is 10.3. The number of hydrogen-bond acceptors (Lipinski definition) is 8. The zero-order valence-electron chi connectivity index (χ0n) is 25.1. The van der Waals surface area contributed by atoms with Gasteiger partial charge in [-0.1, -0.05) is 71.5 Å². The lowest BCUT2D eigenvalue weighted by Gasteiger charge is -2.26. The number of esters is 1. The van der Waals surface area contributed by atoms with Crippen LogP contribution in [0.4, 0.5) is 0 Å². The Labute approximate surface area is 264 Å². The zero-order chi connectivity index (χ0) is 31.4. The average molecular weight is 633 g/mol. The summed E-state index contributed by atoms with van der Waals surface area (Å²) in [5, 5.41) is 0.590. The number of ether oxygens (including phenoxy) is 4. The van der Waals surface area contributed by atoms with Gasteiger partial charge in [-0.3, -0.25) is 9.36 Å². The summed E-state index contributed by atoms with van der Waals surface area (Å²) in [6, 6.07) is 19.5. The molecule has 3 aromatic carbocycles. The van der Waals surface area contributed by atoms with E-state index in [-0.39, 0.29) is 30.5 Å². The van der Waals surface area contributed by atoms with E-state index in [2.05, 4.69) is 0 Å². The molecule has 2 heterocycles. The molecule has 8 nitrogen and oxygen atoms in total. The highest BCUT2D eigenvalue weighted by Crippen LogP contribution is 2.37. The Morgan fingerprint density at radius 1 is 1.07 bits per heavy atom. The molecule has 0 fully saturated rings. The first kappa shape index (κ1) is 31.1. The van der Waals surface area contributed by atoms with E-state index in [1.807, 2.05) is 68.4 Å². The van der Waals surface area contributed by atoms with E-state index in [1.54, 1.807) is 43.7 Å². The van der Waals surface area contributed by atoms with Crippen molar-refractivity contribution >= 4 is 35.0 Å². The van der Waals surface area contributed by atoms with E-state index >= 15 is 0 Å². The summed E-state index contributed by atoms with van der Waals surface area (Å²) >= 11 is 7.59. The van der Waals surface area contributed by atoms with E-state index < -0.39 is 12.0 Å². The topological polar surface area (TPSA) is 88.4 Å². The number of nitrogens with zero attached hydrogens (tertiary/aromatic N) is 2. The maximum Gasteiger partial charge on any atom is 0.338 e. The number of carbonyl (C=O) groups is 1. The van der Waals surface area contributed by atoms with Gasteiger partial charge in [0.05, 0.1) is 35.6 Å². The summed E-state index contributed by atoms with van der Waals surface area (Å²) in [5.41, 5.74) is 2.57. The summed E-state index contributed by atoms with van der Waals surface area (Å²) in [7, 11) is 1.56. The van der Waals surface area contributed by atoms with E-state index in [0.717, 1.165) is 5.56 Å². The number of aromatic nitrogens is 1. The van der Waals surface area contributed by atoms with Crippen molar-refractivity contribution in [3.8, 4) is 17.2 Å². The molecule has 0 unspecified atom stereocenters. The van der Waals surface area contributed by atoms with Gasteiger partial charge in [-0.05, 0) is 52.0 Å². The molecular weight excluding hydrogens is 600 g/mol. The van der Waals surface area contributed by atoms with Crippen LogP contribution in [0.2, 0.25) is 5.02 Å². The summed E-state index contributed by atoms with van der Waals surface area (Å²) in [6.07, 6.45) is 1.63. The molecule has 0 aliphatic carbocycles. The van der Waals surface area contributed by atoms with Crippen LogP contribution in [-0.2, 0) is 16.1 Å². The first-order valence-electron chi connectivity index (χ1n) is 14.2. The molecule has 1 aliphatic rings. The Balaban J connectivity index is 1.67. The van der Waals surface area contributed by atoms with Crippen molar-refractivity contribution in [1.82, 2.24) is 4.57 Å². The fourth-order valence-electron chi connectivity index (χ4n) is 5.02. The number of rotatable bonds is 10. The van der Waals surface area contributed by atoms with Gasteiger partial charge in [0.15, 0.2) is 16.3 Å². The molecule has 0 saturated carbocycles. The minimum absolute atomic E-state index is 0.125. The van der Waals surface area contributed by atoms with Gasteiger partial charge in [0.25, 0.3) is 5.56 Å². The van der Waals surface area contributed by atoms with Gasteiger partial charge in [-0.25, -0.2) is 9.79 Å². The molecule has 5 rings (SSSR count). The van der Waals surface area contributed by atoms with Crippen LogP contribution in [0.3, 0.4) is 0 Å². The Bertz CT molecular complexity index is 1910. The fourth-order valence-corrected chi connectivity index (χ4v) is 6.25. The first-order valence-corrected chi connectivity index (χ1v) is 15.4. The second kappa shape index (κ2) is 13.5. The smallest absolute Gasteiger partial charge is 0.338 e. The molecule has 0 N–H and O–H groups in total. The first-order chi connectivity index (χ1) is 21.2. The van der Waals surface area contributed by atoms with Crippen LogP contribution in [0.1, 0.15) is 50.4 Å². The second-order valence-corrected chi connectivity index (χ2v) is 11.7. The van der Waals surface area contributed by atoms with Gasteiger partial charge < -0.3 is 18.9 Å². The lowest BCUT2D eigenvalue weighted by atomic mass is 9.95. The van der Waals surface area contributed by atoms with Crippen molar-refractivity contribution in [2.75, 3.05) is 13.7 Å².